The zero-order valence-corrected chi connectivity index (χ0v) is 17.1. The molecular formula is C23H23N3O4. The molecule has 0 bridgehead atoms. The molecule has 0 unspecified atom stereocenters. The Morgan fingerprint density at radius 1 is 1.17 bits per heavy atom. The van der Waals surface area contributed by atoms with Gasteiger partial charge in [-0.1, -0.05) is 18.2 Å². The van der Waals surface area contributed by atoms with Gasteiger partial charge < -0.3 is 19.6 Å². The molecule has 1 aliphatic rings. The van der Waals surface area contributed by atoms with Gasteiger partial charge in [-0.2, -0.15) is 0 Å². The van der Waals surface area contributed by atoms with Gasteiger partial charge in [-0.05, 0) is 30.7 Å². The molecule has 0 amide bonds. The van der Waals surface area contributed by atoms with Gasteiger partial charge in [0.1, 0.15) is 17.5 Å². The number of para-hydroxylation sites is 1. The average molecular weight is 405 g/mol. The summed E-state index contributed by atoms with van der Waals surface area (Å²) in [6.45, 7) is 2.25. The number of fused-ring (bicyclic) bond motifs is 4. The topological polar surface area (TPSA) is 81.4 Å². The summed E-state index contributed by atoms with van der Waals surface area (Å²) < 4.78 is 14.1. The molecule has 0 saturated heterocycles. The molecule has 7 heteroatoms. The summed E-state index contributed by atoms with van der Waals surface area (Å²) in [5.41, 5.74) is 4.21. The van der Waals surface area contributed by atoms with Gasteiger partial charge in [-0.25, -0.2) is 4.79 Å². The van der Waals surface area contributed by atoms with Crippen LogP contribution in [0.15, 0.2) is 47.3 Å². The van der Waals surface area contributed by atoms with Crippen molar-refractivity contribution in [1.29, 1.82) is 0 Å². The van der Waals surface area contributed by atoms with Crippen molar-refractivity contribution in [2.75, 3.05) is 14.2 Å². The highest BCUT2D eigenvalue weighted by Crippen LogP contribution is 2.43. The minimum absolute atomic E-state index is 0.0240. The van der Waals surface area contributed by atoms with Crippen LogP contribution in [0.5, 0.6) is 17.4 Å². The summed E-state index contributed by atoms with van der Waals surface area (Å²) >= 11 is 0. The third-order valence-corrected chi connectivity index (χ3v) is 6.02. The first-order valence-electron chi connectivity index (χ1n) is 9.93. The van der Waals surface area contributed by atoms with Crippen molar-refractivity contribution in [3.8, 4) is 17.4 Å². The first-order valence-corrected chi connectivity index (χ1v) is 9.93. The molecule has 30 heavy (non-hydrogen) atoms. The molecule has 0 spiro atoms. The van der Waals surface area contributed by atoms with E-state index in [4.69, 9.17) is 9.47 Å². The highest BCUT2D eigenvalue weighted by molar-refractivity contribution is 5.86. The van der Waals surface area contributed by atoms with Crippen LogP contribution in [0.2, 0.25) is 0 Å². The first kappa shape index (κ1) is 18.4. The Labute approximate surface area is 173 Å². The van der Waals surface area contributed by atoms with E-state index >= 15 is 0 Å². The number of benzene rings is 2. The van der Waals surface area contributed by atoms with Gasteiger partial charge >= 0.3 is 5.69 Å². The van der Waals surface area contributed by atoms with Crippen LogP contribution in [-0.2, 0) is 13.0 Å². The normalized spacial score (nSPS) is 15.1. The van der Waals surface area contributed by atoms with Crippen LogP contribution < -0.4 is 15.2 Å². The van der Waals surface area contributed by atoms with Crippen molar-refractivity contribution in [1.82, 2.24) is 14.1 Å². The zero-order chi connectivity index (χ0) is 21.0. The van der Waals surface area contributed by atoms with Crippen LogP contribution in [0.25, 0.3) is 10.9 Å². The molecule has 0 saturated carbocycles. The molecule has 2 aromatic carbocycles. The maximum Gasteiger partial charge on any atom is 0.332 e. The fourth-order valence-corrected chi connectivity index (χ4v) is 4.60. The van der Waals surface area contributed by atoms with Crippen molar-refractivity contribution in [2.24, 2.45) is 0 Å². The van der Waals surface area contributed by atoms with E-state index in [0.29, 0.717) is 30.2 Å². The second-order valence-corrected chi connectivity index (χ2v) is 7.42. The first-order chi connectivity index (χ1) is 14.6. The summed E-state index contributed by atoms with van der Waals surface area (Å²) in [7, 11) is 3.21. The number of H-pyrrole nitrogens is 1. The SMILES string of the molecule is CCn1c(O)c2n(c1=O)[C@H](c1ccc(OC)cc1OC)c1[nH]c3ccccc3c1C2. The summed E-state index contributed by atoms with van der Waals surface area (Å²) in [5.74, 6) is 1.31. The van der Waals surface area contributed by atoms with Crippen molar-refractivity contribution in [2.45, 2.75) is 25.9 Å². The van der Waals surface area contributed by atoms with E-state index in [-0.39, 0.29) is 11.6 Å². The minimum atomic E-state index is -0.455. The molecule has 2 aromatic heterocycles. The minimum Gasteiger partial charge on any atom is -0.497 e. The van der Waals surface area contributed by atoms with Gasteiger partial charge in [-0.15, -0.1) is 0 Å². The highest BCUT2D eigenvalue weighted by Gasteiger charge is 2.36. The molecule has 0 radical (unpaired) electrons. The van der Waals surface area contributed by atoms with E-state index in [2.05, 4.69) is 11.1 Å². The lowest BCUT2D eigenvalue weighted by Gasteiger charge is -2.27. The van der Waals surface area contributed by atoms with Crippen LogP contribution >= 0.6 is 0 Å². The molecule has 2 N–H and O–H groups in total. The molecule has 3 heterocycles. The van der Waals surface area contributed by atoms with E-state index in [1.54, 1.807) is 18.8 Å². The van der Waals surface area contributed by atoms with Gasteiger partial charge in [0, 0.05) is 41.2 Å². The number of methoxy groups -OCH3 is 2. The fourth-order valence-electron chi connectivity index (χ4n) is 4.60. The summed E-state index contributed by atoms with van der Waals surface area (Å²) in [6, 6.07) is 13.2. The Hall–Kier alpha value is -3.61. The number of imidazole rings is 1. The Morgan fingerprint density at radius 2 is 1.97 bits per heavy atom. The standard InChI is InChI=1S/C23H23N3O4/c1-4-25-22(27)18-12-16-14-7-5-6-8-17(14)24-20(16)21(26(18)23(25)28)15-10-9-13(29-2)11-19(15)30-3/h5-11,21,24,27H,4,12H2,1-3H3/t21-/m1/s1. The Kier molecular flexibility index (Phi) is 4.13. The van der Waals surface area contributed by atoms with E-state index in [9.17, 15) is 9.90 Å². The molecule has 4 aromatic rings. The largest absolute Gasteiger partial charge is 0.497 e. The Bertz CT molecular complexity index is 1330. The number of hydrogen-bond acceptors (Lipinski definition) is 4. The second-order valence-electron chi connectivity index (χ2n) is 7.42. The molecule has 1 atom stereocenters. The highest BCUT2D eigenvalue weighted by atomic mass is 16.5. The van der Waals surface area contributed by atoms with Crippen LogP contribution in [0.3, 0.4) is 0 Å². The Morgan fingerprint density at radius 3 is 2.70 bits per heavy atom. The van der Waals surface area contributed by atoms with E-state index < -0.39 is 6.04 Å². The number of aromatic nitrogens is 3. The Balaban J connectivity index is 1.86. The monoisotopic (exact) mass is 405 g/mol. The molecule has 0 aliphatic carbocycles. The number of aromatic amines is 1. The van der Waals surface area contributed by atoms with E-state index in [1.165, 1.54) is 4.57 Å². The third kappa shape index (κ3) is 2.41. The molecule has 0 fully saturated rings. The van der Waals surface area contributed by atoms with Gasteiger partial charge in [0.05, 0.1) is 19.9 Å². The van der Waals surface area contributed by atoms with Crippen LogP contribution in [0, 0.1) is 0 Å². The molecule has 1 aliphatic heterocycles. The smallest absolute Gasteiger partial charge is 0.332 e. The zero-order valence-electron chi connectivity index (χ0n) is 17.1. The van der Waals surface area contributed by atoms with E-state index in [1.807, 2.05) is 43.3 Å². The quantitative estimate of drug-likeness (QED) is 0.480. The van der Waals surface area contributed by atoms with Gasteiger partial charge in [0.15, 0.2) is 0 Å². The molecular weight excluding hydrogens is 382 g/mol. The van der Waals surface area contributed by atoms with Crippen molar-refractivity contribution in [3.63, 3.8) is 0 Å². The number of nitrogens with one attached hydrogen (secondary N) is 1. The number of nitrogens with zero attached hydrogens (tertiary/aromatic N) is 2. The lowest BCUT2D eigenvalue weighted by Crippen LogP contribution is -2.32. The second kappa shape index (κ2) is 6.73. The van der Waals surface area contributed by atoms with Gasteiger partial charge in [0.2, 0.25) is 5.88 Å². The summed E-state index contributed by atoms with van der Waals surface area (Å²) in [5, 5.41) is 11.9. The lowest BCUT2D eigenvalue weighted by molar-refractivity contribution is 0.386. The predicted molar refractivity (Wildman–Crippen MR) is 114 cm³/mol. The maximum atomic E-state index is 13.3. The number of rotatable bonds is 4. The van der Waals surface area contributed by atoms with Gasteiger partial charge in [0.25, 0.3) is 0 Å². The maximum absolute atomic E-state index is 13.3. The van der Waals surface area contributed by atoms with E-state index in [0.717, 1.165) is 27.7 Å². The lowest BCUT2D eigenvalue weighted by atomic mass is 9.92. The molecule has 7 nitrogen and oxygen atoms in total. The van der Waals surface area contributed by atoms with Crippen LogP contribution in [-0.4, -0.2) is 33.4 Å². The van der Waals surface area contributed by atoms with Crippen molar-refractivity contribution < 1.29 is 14.6 Å². The number of hydrogen-bond donors (Lipinski definition) is 2. The number of aromatic hydroxyl groups is 1. The van der Waals surface area contributed by atoms with Gasteiger partial charge in [-0.3, -0.25) is 9.13 Å². The summed E-state index contributed by atoms with van der Waals surface area (Å²) in [6.07, 6.45) is 0.475. The number of ether oxygens (including phenoxy) is 2. The van der Waals surface area contributed by atoms with Crippen molar-refractivity contribution >= 4 is 10.9 Å². The molecule has 154 valence electrons. The summed E-state index contributed by atoms with van der Waals surface area (Å²) in [4.78, 5) is 16.8. The third-order valence-electron chi connectivity index (χ3n) is 6.02. The average Bonchev–Trinajstić information content (AvgIpc) is 3.26. The predicted octanol–water partition coefficient (Wildman–Crippen LogP) is 3.42. The fraction of sp³-hybridized carbons (Fsp3) is 0.261. The van der Waals surface area contributed by atoms with Crippen molar-refractivity contribution in [3.05, 3.63) is 75.5 Å². The molecule has 5 rings (SSSR count). The van der Waals surface area contributed by atoms with Crippen LogP contribution in [0.1, 0.15) is 35.5 Å². The van der Waals surface area contributed by atoms with Crippen LogP contribution in [0.4, 0.5) is 0 Å².